The Balaban J connectivity index is 0.000000186. The molecule has 5 aromatic heterocycles. The van der Waals surface area contributed by atoms with Gasteiger partial charge in [0.1, 0.15) is 40.9 Å². The Morgan fingerprint density at radius 3 is 1.87 bits per heavy atom. The summed E-state index contributed by atoms with van der Waals surface area (Å²) in [5.74, 6) is 0.986. The monoisotopic (exact) mass is 912 g/mol. The second-order valence-corrected chi connectivity index (χ2v) is 15.7. The summed E-state index contributed by atoms with van der Waals surface area (Å²) in [7, 11) is 2.63. The molecule has 0 saturated carbocycles. The van der Waals surface area contributed by atoms with Crippen molar-refractivity contribution in [3.8, 4) is 51.6 Å². The van der Waals surface area contributed by atoms with E-state index in [1.807, 2.05) is 36.1 Å². The van der Waals surface area contributed by atoms with Gasteiger partial charge in [-0.2, -0.15) is 18.4 Å². The van der Waals surface area contributed by atoms with Crippen molar-refractivity contribution < 1.29 is 41.7 Å². The Morgan fingerprint density at radius 2 is 1.33 bits per heavy atom. The molecule has 2 saturated heterocycles. The Kier molecular flexibility index (Phi) is 13.3. The molecule has 0 spiro atoms. The number of hydrogen-bond acceptors (Lipinski definition) is 12. The molecule has 0 aliphatic carbocycles. The summed E-state index contributed by atoms with van der Waals surface area (Å²) < 4.78 is 62.9. The summed E-state index contributed by atoms with van der Waals surface area (Å²) in [6, 6.07) is 22.1. The van der Waals surface area contributed by atoms with Gasteiger partial charge in [0.05, 0.1) is 43.9 Å². The summed E-state index contributed by atoms with van der Waals surface area (Å²) in [5.41, 5.74) is 3.38. The molecule has 2 fully saturated rings. The van der Waals surface area contributed by atoms with Crippen LogP contribution in [0.3, 0.4) is 0 Å². The molecule has 0 radical (unpaired) electrons. The van der Waals surface area contributed by atoms with E-state index in [9.17, 15) is 32.8 Å². The quantitative estimate of drug-likeness (QED) is 0.140. The molecule has 0 unspecified atom stereocenters. The summed E-state index contributed by atoms with van der Waals surface area (Å²) in [6.07, 6.45) is 4.66. The Labute approximate surface area is 381 Å². The Morgan fingerprint density at radius 1 is 0.761 bits per heavy atom. The maximum atomic E-state index is 13.6. The topological polar surface area (TPSA) is 186 Å². The van der Waals surface area contributed by atoms with Crippen LogP contribution in [-0.4, -0.2) is 99.1 Å². The zero-order valence-electron chi connectivity index (χ0n) is 36.5. The summed E-state index contributed by atoms with van der Waals surface area (Å²) >= 11 is 0. The number of aromatic amines is 1. The number of rotatable bonds is 10. The van der Waals surface area contributed by atoms with Crippen LogP contribution in [0.2, 0.25) is 0 Å². The molecule has 342 valence electrons. The van der Waals surface area contributed by atoms with E-state index in [1.54, 1.807) is 47.6 Å². The van der Waals surface area contributed by atoms with Gasteiger partial charge in [-0.25, -0.2) is 9.97 Å². The van der Waals surface area contributed by atoms with Crippen molar-refractivity contribution in [1.82, 2.24) is 34.7 Å². The van der Waals surface area contributed by atoms with Gasteiger partial charge in [-0.05, 0) is 77.9 Å². The zero-order chi connectivity index (χ0) is 47.2. The smallest absolute Gasteiger partial charge is 0.421 e. The summed E-state index contributed by atoms with van der Waals surface area (Å²) in [6.45, 7) is 4.05. The Hall–Kier alpha value is -8.07. The second kappa shape index (κ2) is 19.6. The standard InChI is InChI=1S/C26H21F3N4O4.C23H22N4O3/c1-36-24-21(26(27,28)29)10-16(13-32-24)19-6-8-30-22-4-3-17(11-20(19)22)37-18-7-9-33(14-18)25(35)15-2-5-23(34)31-12-15;1-3-22(28)27-9-7-18(14-27)30-17-4-5-21-20(11-17)19(6-8-25-21)16-10-15(12-24)23(29-2)26-13-16/h2-6,8,10-13,18H,7,9,14H2,1H3,(H,31,34);4-6,8,10-11,13,18H,3,7,9,14H2,1-2H3/t2*18-/m00/s1. The minimum atomic E-state index is -4.63. The highest BCUT2D eigenvalue weighted by Crippen LogP contribution is 2.39. The normalized spacial score (nSPS) is 15.7. The van der Waals surface area contributed by atoms with Crippen LogP contribution in [0.15, 0.2) is 109 Å². The molecule has 9 rings (SSSR count). The molecule has 2 atom stereocenters. The third kappa shape index (κ3) is 10.1. The predicted octanol–water partition coefficient (Wildman–Crippen LogP) is 7.87. The highest BCUT2D eigenvalue weighted by atomic mass is 19.4. The minimum Gasteiger partial charge on any atom is -0.488 e. The largest absolute Gasteiger partial charge is 0.488 e. The number of amides is 2. The number of carbonyl (C=O) groups is 2. The van der Waals surface area contributed by atoms with Gasteiger partial charge in [0.2, 0.25) is 23.2 Å². The number of pyridine rings is 5. The maximum absolute atomic E-state index is 13.6. The summed E-state index contributed by atoms with van der Waals surface area (Å²) in [4.78, 5) is 58.8. The number of fused-ring (bicyclic) bond motifs is 2. The molecular weight excluding hydrogens is 870 g/mol. The molecule has 7 heterocycles. The number of H-pyrrole nitrogens is 1. The van der Waals surface area contributed by atoms with Gasteiger partial charge in [0.15, 0.2) is 0 Å². The Bertz CT molecular complexity index is 3060. The van der Waals surface area contributed by atoms with Crippen LogP contribution >= 0.6 is 0 Å². The van der Waals surface area contributed by atoms with Gasteiger partial charge in [-0.1, -0.05) is 6.92 Å². The first-order valence-electron chi connectivity index (χ1n) is 21.3. The highest BCUT2D eigenvalue weighted by Gasteiger charge is 2.36. The van der Waals surface area contributed by atoms with E-state index in [2.05, 4.69) is 31.0 Å². The van der Waals surface area contributed by atoms with Crippen LogP contribution in [0, 0.1) is 11.3 Å². The van der Waals surface area contributed by atoms with Gasteiger partial charge in [0, 0.05) is 91.3 Å². The van der Waals surface area contributed by atoms with Crippen molar-refractivity contribution >= 4 is 33.6 Å². The van der Waals surface area contributed by atoms with Crippen molar-refractivity contribution in [2.75, 3.05) is 40.4 Å². The number of likely N-dealkylation sites (tertiary alicyclic amines) is 2. The average molecular weight is 913 g/mol. The first-order valence-corrected chi connectivity index (χ1v) is 21.3. The van der Waals surface area contributed by atoms with Gasteiger partial charge >= 0.3 is 6.18 Å². The lowest BCUT2D eigenvalue weighted by molar-refractivity contribution is -0.139. The minimum absolute atomic E-state index is 0.0223. The molecule has 1 N–H and O–H groups in total. The van der Waals surface area contributed by atoms with Crippen molar-refractivity contribution in [3.05, 3.63) is 131 Å². The van der Waals surface area contributed by atoms with E-state index in [-0.39, 0.29) is 35.1 Å². The van der Waals surface area contributed by atoms with E-state index >= 15 is 0 Å². The molecule has 2 aliphatic heterocycles. The van der Waals surface area contributed by atoms with E-state index in [4.69, 9.17) is 18.9 Å². The number of alkyl halides is 3. The first kappa shape index (κ1) is 45.5. The van der Waals surface area contributed by atoms with Crippen LogP contribution in [0.25, 0.3) is 44.1 Å². The molecule has 2 aromatic carbocycles. The number of aromatic nitrogens is 5. The van der Waals surface area contributed by atoms with E-state index in [0.717, 1.165) is 53.9 Å². The lowest BCUT2D eigenvalue weighted by Crippen LogP contribution is -2.31. The lowest BCUT2D eigenvalue weighted by atomic mass is 10.0. The van der Waals surface area contributed by atoms with Crippen LogP contribution in [0.5, 0.6) is 23.3 Å². The van der Waals surface area contributed by atoms with Crippen molar-refractivity contribution in [3.63, 3.8) is 0 Å². The molecule has 67 heavy (non-hydrogen) atoms. The fraction of sp³-hybridized carbons (Fsp3) is 0.265. The van der Waals surface area contributed by atoms with Crippen molar-refractivity contribution in [1.29, 1.82) is 5.26 Å². The number of carbonyl (C=O) groups excluding carboxylic acids is 2. The first-order chi connectivity index (χ1) is 32.3. The third-order valence-corrected chi connectivity index (χ3v) is 11.4. The number of hydrogen-bond donors (Lipinski definition) is 1. The van der Waals surface area contributed by atoms with Crippen LogP contribution in [-0.2, 0) is 11.0 Å². The molecule has 0 bridgehead atoms. The average Bonchev–Trinajstić information content (AvgIpc) is 4.03. The van der Waals surface area contributed by atoms with Crippen LogP contribution in [0.1, 0.15) is 47.7 Å². The molecule has 2 aliphatic rings. The zero-order valence-corrected chi connectivity index (χ0v) is 36.5. The fourth-order valence-electron chi connectivity index (χ4n) is 8.10. The predicted molar refractivity (Wildman–Crippen MR) is 241 cm³/mol. The fourth-order valence-corrected chi connectivity index (χ4v) is 8.10. The molecular formula is C49H43F3N8O7. The van der Waals surface area contributed by atoms with Crippen molar-refractivity contribution in [2.24, 2.45) is 0 Å². The molecule has 7 aromatic rings. The SMILES string of the molecule is CCC(=O)N1CC[C@H](Oc2ccc3nccc(-c4cnc(OC)c(C#N)c4)c3c2)C1.COc1ncc(-c2ccnc3ccc(O[C@H]4CCN(C(=O)c5ccc(=O)[nH]c5)C4)cc23)cc1C(F)(F)F. The number of nitrogens with one attached hydrogen (secondary N) is 1. The van der Waals surface area contributed by atoms with Gasteiger partial charge in [-0.3, -0.25) is 24.4 Å². The van der Waals surface area contributed by atoms with Gasteiger partial charge in [0.25, 0.3) is 5.91 Å². The number of benzene rings is 2. The van der Waals surface area contributed by atoms with Crippen LogP contribution < -0.4 is 24.5 Å². The number of halogens is 3. The van der Waals surface area contributed by atoms with E-state index in [1.165, 1.54) is 37.8 Å². The number of methoxy groups -OCH3 is 2. The second-order valence-electron chi connectivity index (χ2n) is 15.7. The number of nitrogens with zero attached hydrogens (tertiary/aromatic N) is 7. The number of nitriles is 1. The van der Waals surface area contributed by atoms with Crippen LogP contribution in [0.4, 0.5) is 13.2 Å². The summed E-state index contributed by atoms with van der Waals surface area (Å²) in [5, 5.41) is 10.9. The molecule has 2 amide bonds. The number of ether oxygens (including phenoxy) is 4. The maximum Gasteiger partial charge on any atom is 0.421 e. The van der Waals surface area contributed by atoms with E-state index in [0.29, 0.717) is 71.7 Å². The van der Waals surface area contributed by atoms with Gasteiger partial charge in [-0.15, -0.1) is 0 Å². The lowest BCUT2D eigenvalue weighted by Gasteiger charge is -2.18. The third-order valence-electron chi connectivity index (χ3n) is 11.4. The van der Waals surface area contributed by atoms with Gasteiger partial charge < -0.3 is 33.7 Å². The molecule has 18 heteroatoms. The van der Waals surface area contributed by atoms with Crippen molar-refractivity contribution in [2.45, 2.75) is 44.6 Å². The highest BCUT2D eigenvalue weighted by molar-refractivity contribution is 5.96. The molecule has 15 nitrogen and oxygen atoms in total. The van der Waals surface area contributed by atoms with E-state index < -0.39 is 17.6 Å².